The van der Waals surface area contributed by atoms with Crippen LogP contribution >= 0.6 is 39.1 Å². The number of benzene rings is 1. The summed E-state index contributed by atoms with van der Waals surface area (Å²) in [4.78, 5) is 7.96. The molecule has 0 atom stereocenters. The van der Waals surface area contributed by atoms with Gasteiger partial charge in [-0.05, 0) is 33.6 Å². The van der Waals surface area contributed by atoms with E-state index in [-0.39, 0.29) is 5.28 Å². The quantitative estimate of drug-likeness (QED) is 0.753. The van der Waals surface area contributed by atoms with Crippen molar-refractivity contribution in [3.63, 3.8) is 0 Å². The Balaban J connectivity index is 2.91. The summed E-state index contributed by atoms with van der Waals surface area (Å²) in [6.45, 7) is 0. The van der Waals surface area contributed by atoms with Gasteiger partial charge in [0, 0.05) is 11.6 Å². The van der Waals surface area contributed by atoms with E-state index in [1.54, 1.807) is 19.4 Å². The first-order valence-electron chi connectivity index (χ1n) is 3.97. The van der Waals surface area contributed by atoms with Crippen LogP contribution in [0.2, 0.25) is 10.3 Å². The Morgan fingerprint density at radius 2 is 2.13 bits per heavy atom. The lowest BCUT2D eigenvalue weighted by Crippen LogP contribution is -1.92. The minimum absolute atomic E-state index is 0.162. The smallest absolute Gasteiger partial charge is 0.223 e. The highest BCUT2D eigenvalue weighted by Crippen LogP contribution is 2.36. The second-order valence-electron chi connectivity index (χ2n) is 2.77. The Morgan fingerprint density at radius 3 is 2.80 bits per heavy atom. The lowest BCUT2D eigenvalue weighted by Gasteiger charge is -2.08. The van der Waals surface area contributed by atoms with Gasteiger partial charge in [0.15, 0.2) is 5.75 Å². The molecule has 0 saturated carbocycles. The van der Waals surface area contributed by atoms with Crippen LogP contribution in [0.15, 0.2) is 16.7 Å². The maximum atomic E-state index is 6.03. The third-order valence-corrected chi connectivity index (χ3v) is 2.99. The zero-order valence-electron chi connectivity index (χ0n) is 7.59. The molecule has 0 amide bonds. The minimum Gasteiger partial charge on any atom is -0.493 e. The van der Waals surface area contributed by atoms with Crippen LogP contribution in [0.1, 0.15) is 0 Å². The standard InChI is InChI=1S/C9H5BrCl2N2O/c1-15-8-5(10)2-6(11)4-3-13-9(12)14-7(4)8/h2-3H,1H3. The van der Waals surface area contributed by atoms with Gasteiger partial charge in [-0.3, -0.25) is 0 Å². The number of hydrogen-bond donors (Lipinski definition) is 0. The van der Waals surface area contributed by atoms with E-state index in [1.807, 2.05) is 0 Å². The van der Waals surface area contributed by atoms with E-state index in [4.69, 9.17) is 27.9 Å². The Morgan fingerprint density at radius 1 is 1.40 bits per heavy atom. The normalized spacial score (nSPS) is 10.7. The monoisotopic (exact) mass is 306 g/mol. The molecule has 1 aromatic heterocycles. The molecule has 2 aromatic rings. The number of rotatable bonds is 1. The van der Waals surface area contributed by atoms with Crippen molar-refractivity contribution in [2.45, 2.75) is 0 Å². The van der Waals surface area contributed by atoms with E-state index in [0.29, 0.717) is 21.7 Å². The molecular weight excluding hydrogens is 303 g/mol. The molecule has 1 heterocycles. The first-order chi connectivity index (χ1) is 7.13. The fourth-order valence-corrected chi connectivity index (χ4v) is 2.36. The van der Waals surface area contributed by atoms with Gasteiger partial charge in [0.25, 0.3) is 0 Å². The molecular formula is C9H5BrCl2N2O. The van der Waals surface area contributed by atoms with Crippen molar-refractivity contribution in [1.29, 1.82) is 0 Å². The molecule has 3 nitrogen and oxygen atoms in total. The number of nitrogens with zero attached hydrogens (tertiary/aromatic N) is 2. The summed E-state index contributed by atoms with van der Waals surface area (Å²) in [5, 5.41) is 1.42. The Kier molecular flexibility index (Phi) is 3.00. The van der Waals surface area contributed by atoms with E-state index >= 15 is 0 Å². The highest BCUT2D eigenvalue weighted by molar-refractivity contribution is 9.10. The van der Waals surface area contributed by atoms with Gasteiger partial charge in [0.2, 0.25) is 5.28 Å². The van der Waals surface area contributed by atoms with Crippen LogP contribution in [-0.2, 0) is 0 Å². The molecule has 0 bridgehead atoms. The van der Waals surface area contributed by atoms with E-state index in [1.165, 1.54) is 0 Å². The molecule has 78 valence electrons. The van der Waals surface area contributed by atoms with Crippen LogP contribution in [0.25, 0.3) is 10.9 Å². The maximum Gasteiger partial charge on any atom is 0.223 e. The third kappa shape index (κ3) is 1.89. The number of aromatic nitrogens is 2. The maximum absolute atomic E-state index is 6.03. The van der Waals surface area contributed by atoms with Crippen molar-refractivity contribution in [3.05, 3.63) is 27.0 Å². The van der Waals surface area contributed by atoms with Crippen LogP contribution in [0, 0.1) is 0 Å². The summed E-state index contributed by atoms with van der Waals surface area (Å²) in [6.07, 6.45) is 1.57. The highest BCUT2D eigenvalue weighted by Gasteiger charge is 2.12. The summed E-state index contributed by atoms with van der Waals surface area (Å²) < 4.78 is 5.95. The van der Waals surface area contributed by atoms with Crippen molar-refractivity contribution >= 4 is 50.0 Å². The Labute approximate surface area is 105 Å². The summed E-state index contributed by atoms with van der Waals surface area (Å²) in [5.74, 6) is 0.596. The van der Waals surface area contributed by atoms with Crippen LogP contribution < -0.4 is 4.74 Å². The van der Waals surface area contributed by atoms with Crippen LogP contribution in [-0.4, -0.2) is 17.1 Å². The summed E-state index contributed by atoms with van der Waals surface area (Å²) in [5.41, 5.74) is 0.594. The number of fused-ring (bicyclic) bond motifs is 1. The summed E-state index contributed by atoms with van der Waals surface area (Å²) in [6, 6.07) is 1.74. The summed E-state index contributed by atoms with van der Waals surface area (Å²) in [7, 11) is 1.56. The van der Waals surface area contributed by atoms with Gasteiger partial charge in [-0.2, -0.15) is 0 Å². The Hall–Kier alpha value is -0.580. The fourth-order valence-electron chi connectivity index (χ4n) is 1.27. The molecule has 6 heteroatoms. The van der Waals surface area contributed by atoms with Gasteiger partial charge < -0.3 is 4.74 Å². The van der Waals surface area contributed by atoms with Crippen molar-refractivity contribution < 1.29 is 4.74 Å². The average Bonchev–Trinajstić information content (AvgIpc) is 2.17. The van der Waals surface area contributed by atoms with Gasteiger partial charge in [0.05, 0.1) is 16.6 Å². The van der Waals surface area contributed by atoms with E-state index < -0.39 is 0 Å². The lowest BCUT2D eigenvalue weighted by molar-refractivity contribution is 0.416. The average molecular weight is 308 g/mol. The number of hydrogen-bond acceptors (Lipinski definition) is 3. The number of ether oxygens (including phenoxy) is 1. The van der Waals surface area contributed by atoms with Crippen LogP contribution in [0.4, 0.5) is 0 Å². The first-order valence-corrected chi connectivity index (χ1v) is 5.52. The molecule has 0 aliphatic rings. The second kappa shape index (κ2) is 4.12. The SMILES string of the molecule is COc1c(Br)cc(Cl)c2cnc(Cl)nc12. The van der Waals surface area contributed by atoms with E-state index in [9.17, 15) is 0 Å². The molecule has 1 aromatic carbocycles. The minimum atomic E-state index is 0.162. The van der Waals surface area contributed by atoms with E-state index in [0.717, 1.165) is 4.47 Å². The first kappa shape index (κ1) is 10.9. The second-order valence-corrected chi connectivity index (χ2v) is 4.37. The number of methoxy groups -OCH3 is 1. The Bertz CT molecular complexity index is 533. The zero-order valence-corrected chi connectivity index (χ0v) is 10.7. The van der Waals surface area contributed by atoms with Crippen molar-refractivity contribution in [2.75, 3.05) is 7.11 Å². The van der Waals surface area contributed by atoms with Crippen molar-refractivity contribution in [2.24, 2.45) is 0 Å². The summed E-state index contributed by atoms with van der Waals surface area (Å²) >= 11 is 15.1. The molecule has 0 radical (unpaired) electrons. The van der Waals surface area contributed by atoms with Gasteiger partial charge in [-0.15, -0.1) is 0 Å². The van der Waals surface area contributed by atoms with Gasteiger partial charge in [-0.25, -0.2) is 9.97 Å². The van der Waals surface area contributed by atoms with Gasteiger partial charge >= 0.3 is 0 Å². The van der Waals surface area contributed by atoms with Gasteiger partial charge in [0.1, 0.15) is 5.52 Å². The lowest BCUT2D eigenvalue weighted by atomic mass is 10.2. The largest absolute Gasteiger partial charge is 0.493 e. The molecule has 15 heavy (non-hydrogen) atoms. The highest BCUT2D eigenvalue weighted by atomic mass is 79.9. The molecule has 0 aliphatic heterocycles. The zero-order chi connectivity index (χ0) is 11.0. The molecule has 0 N–H and O–H groups in total. The van der Waals surface area contributed by atoms with E-state index in [2.05, 4.69) is 25.9 Å². The molecule has 0 fully saturated rings. The molecule has 0 spiro atoms. The number of halogens is 3. The van der Waals surface area contributed by atoms with Crippen molar-refractivity contribution in [3.8, 4) is 5.75 Å². The fraction of sp³-hybridized carbons (Fsp3) is 0.111. The predicted molar refractivity (Wildman–Crippen MR) is 63.8 cm³/mol. The van der Waals surface area contributed by atoms with Crippen LogP contribution in [0.3, 0.4) is 0 Å². The topological polar surface area (TPSA) is 35.0 Å². The van der Waals surface area contributed by atoms with Gasteiger partial charge in [-0.1, -0.05) is 11.6 Å². The predicted octanol–water partition coefficient (Wildman–Crippen LogP) is 3.71. The third-order valence-electron chi connectivity index (χ3n) is 1.91. The van der Waals surface area contributed by atoms with Crippen molar-refractivity contribution in [1.82, 2.24) is 9.97 Å². The van der Waals surface area contributed by atoms with Crippen LogP contribution in [0.5, 0.6) is 5.75 Å². The molecule has 0 saturated heterocycles. The molecule has 2 rings (SSSR count). The molecule has 0 aliphatic carbocycles. The molecule has 0 unspecified atom stereocenters.